The lowest BCUT2D eigenvalue weighted by atomic mass is 9.93. The van der Waals surface area contributed by atoms with Gasteiger partial charge in [0.25, 0.3) is 0 Å². The zero-order chi connectivity index (χ0) is 17.2. The Balaban J connectivity index is 2.15. The molecule has 1 aliphatic heterocycles. The molecule has 1 N–H and O–H groups in total. The third-order valence-corrected chi connectivity index (χ3v) is 6.20. The highest BCUT2D eigenvalue weighted by Gasteiger charge is 2.32. The normalized spacial score (nSPS) is 22.0. The predicted octanol–water partition coefficient (Wildman–Crippen LogP) is 2.52. The molecule has 0 unspecified atom stereocenters. The van der Waals surface area contributed by atoms with Crippen LogP contribution in [-0.2, 0) is 9.84 Å². The van der Waals surface area contributed by atoms with Gasteiger partial charge in [0.05, 0.1) is 17.5 Å². The number of amides is 2. The van der Waals surface area contributed by atoms with E-state index in [0.29, 0.717) is 0 Å². The minimum atomic E-state index is -3.02. The largest absolute Gasteiger partial charge is 0.331 e. The van der Waals surface area contributed by atoms with Crippen molar-refractivity contribution in [3.05, 3.63) is 35.4 Å². The monoisotopic (exact) mass is 338 g/mol. The van der Waals surface area contributed by atoms with Crippen LogP contribution in [-0.4, -0.2) is 43.4 Å². The molecule has 1 aliphatic rings. The van der Waals surface area contributed by atoms with Crippen molar-refractivity contribution in [3.63, 3.8) is 0 Å². The van der Waals surface area contributed by atoms with E-state index in [1.807, 2.05) is 31.2 Å². The number of nitrogens with zero attached hydrogens (tertiary/aromatic N) is 1. The number of hydrogen-bond acceptors (Lipinski definition) is 3. The Morgan fingerprint density at radius 1 is 1.30 bits per heavy atom. The van der Waals surface area contributed by atoms with Crippen molar-refractivity contribution in [2.24, 2.45) is 5.92 Å². The number of carbonyl (C=O) groups excluding carboxylic acids is 1. The van der Waals surface area contributed by atoms with Crippen molar-refractivity contribution < 1.29 is 13.2 Å². The zero-order valence-electron chi connectivity index (χ0n) is 14.2. The molecular weight excluding hydrogens is 312 g/mol. The lowest BCUT2D eigenvalue weighted by molar-refractivity contribution is 0.177. The van der Waals surface area contributed by atoms with Gasteiger partial charge in [-0.3, -0.25) is 0 Å². The lowest BCUT2D eigenvalue weighted by Gasteiger charge is -2.35. The maximum Gasteiger partial charge on any atom is 0.318 e. The number of urea groups is 1. The molecule has 5 nitrogen and oxygen atoms in total. The first-order valence-corrected chi connectivity index (χ1v) is 9.86. The minimum absolute atomic E-state index is 0.0388. The highest BCUT2D eigenvalue weighted by molar-refractivity contribution is 7.91. The Kier molecular flexibility index (Phi) is 5.34. The van der Waals surface area contributed by atoms with Crippen LogP contribution in [0, 0.1) is 12.8 Å². The van der Waals surface area contributed by atoms with Crippen LogP contribution in [0.1, 0.15) is 37.9 Å². The van der Waals surface area contributed by atoms with E-state index in [-0.39, 0.29) is 42.1 Å². The van der Waals surface area contributed by atoms with Gasteiger partial charge in [-0.15, -0.1) is 0 Å². The van der Waals surface area contributed by atoms with Gasteiger partial charge in [0.15, 0.2) is 9.84 Å². The topological polar surface area (TPSA) is 66.5 Å². The first kappa shape index (κ1) is 17.8. The van der Waals surface area contributed by atoms with E-state index in [1.54, 1.807) is 11.8 Å². The fraction of sp³-hybridized carbons (Fsp3) is 0.588. The fourth-order valence-corrected chi connectivity index (χ4v) is 4.61. The molecule has 2 amide bonds. The highest BCUT2D eigenvalue weighted by atomic mass is 32.2. The van der Waals surface area contributed by atoms with E-state index in [0.717, 1.165) is 11.1 Å². The van der Waals surface area contributed by atoms with Crippen LogP contribution in [0.3, 0.4) is 0 Å². The van der Waals surface area contributed by atoms with Gasteiger partial charge >= 0.3 is 6.03 Å². The van der Waals surface area contributed by atoms with E-state index in [1.165, 1.54) is 0 Å². The Bertz CT molecular complexity index is 670. The molecule has 1 heterocycles. The molecule has 1 fully saturated rings. The summed E-state index contributed by atoms with van der Waals surface area (Å²) in [5.41, 5.74) is 2.24. The third kappa shape index (κ3) is 4.25. The molecule has 23 heavy (non-hydrogen) atoms. The van der Waals surface area contributed by atoms with Gasteiger partial charge in [-0.05, 0) is 30.9 Å². The predicted molar refractivity (Wildman–Crippen MR) is 92.1 cm³/mol. The minimum Gasteiger partial charge on any atom is -0.331 e. The lowest BCUT2D eigenvalue weighted by Crippen LogP contribution is -2.54. The van der Waals surface area contributed by atoms with E-state index in [9.17, 15) is 13.2 Å². The van der Waals surface area contributed by atoms with E-state index in [2.05, 4.69) is 19.2 Å². The molecule has 1 saturated heterocycles. The van der Waals surface area contributed by atoms with Gasteiger partial charge in [0.2, 0.25) is 0 Å². The molecule has 0 aromatic heterocycles. The molecule has 1 aromatic rings. The summed E-state index contributed by atoms with van der Waals surface area (Å²) >= 11 is 0. The second-order valence-electron chi connectivity index (χ2n) is 6.68. The number of carbonyl (C=O) groups is 1. The van der Waals surface area contributed by atoms with Crippen LogP contribution in [0.2, 0.25) is 0 Å². The number of benzene rings is 1. The smallest absolute Gasteiger partial charge is 0.318 e. The zero-order valence-corrected chi connectivity index (χ0v) is 15.1. The Morgan fingerprint density at radius 2 is 1.96 bits per heavy atom. The van der Waals surface area contributed by atoms with Crippen LogP contribution in [0.4, 0.5) is 4.79 Å². The summed E-state index contributed by atoms with van der Waals surface area (Å²) in [5.74, 6) is 0.322. The second-order valence-corrected chi connectivity index (χ2v) is 8.91. The summed E-state index contributed by atoms with van der Waals surface area (Å²) in [6.45, 7) is 8.22. The Morgan fingerprint density at radius 3 is 2.52 bits per heavy atom. The Hall–Kier alpha value is -1.56. The van der Waals surface area contributed by atoms with Gasteiger partial charge in [0.1, 0.15) is 0 Å². The van der Waals surface area contributed by atoms with Crippen molar-refractivity contribution in [2.45, 2.75) is 39.8 Å². The molecule has 0 bridgehead atoms. The SMILES string of the molecule is Cc1ccccc1[C@H](NC(=O)N1CCS(=O)(=O)C[C@H]1C)C(C)C. The quantitative estimate of drug-likeness (QED) is 0.921. The number of nitrogens with one attached hydrogen (secondary N) is 1. The van der Waals surface area contributed by atoms with Crippen molar-refractivity contribution in [2.75, 3.05) is 18.1 Å². The van der Waals surface area contributed by atoms with Crippen molar-refractivity contribution in [3.8, 4) is 0 Å². The van der Waals surface area contributed by atoms with Crippen LogP contribution in [0.5, 0.6) is 0 Å². The molecule has 0 saturated carbocycles. The van der Waals surface area contributed by atoms with E-state index in [4.69, 9.17) is 0 Å². The van der Waals surface area contributed by atoms with Crippen molar-refractivity contribution >= 4 is 15.9 Å². The second kappa shape index (κ2) is 6.91. The van der Waals surface area contributed by atoms with E-state index < -0.39 is 9.84 Å². The summed E-state index contributed by atoms with van der Waals surface area (Å²) in [4.78, 5) is 14.3. The number of hydrogen-bond donors (Lipinski definition) is 1. The molecular formula is C17H26N2O3S. The summed E-state index contributed by atoms with van der Waals surface area (Å²) in [5, 5.41) is 3.09. The van der Waals surface area contributed by atoms with Gasteiger partial charge in [-0.2, -0.15) is 0 Å². The first-order chi connectivity index (χ1) is 10.7. The van der Waals surface area contributed by atoms with Crippen molar-refractivity contribution in [1.82, 2.24) is 10.2 Å². The van der Waals surface area contributed by atoms with E-state index >= 15 is 0 Å². The van der Waals surface area contributed by atoms with Crippen LogP contribution in [0.15, 0.2) is 24.3 Å². The molecule has 0 spiro atoms. The average Bonchev–Trinajstić information content (AvgIpc) is 2.44. The molecule has 0 aliphatic carbocycles. The summed E-state index contributed by atoms with van der Waals surface area (Å²) in [7, 11) is -3.02. The van der Waals surface area contributed by atoms with Crippen molar-refractivity contribution in [1.29, 1.82) is 0 Å². The summed E-state index contributed by atoms with van der Waals surface area (Å²) in [6.07, 6.45) is 0. The molecule has 2 atom stereocenters. The molecule has 128 valence electrons. The number of sulfone groups is 1. The van der Waals surface area contributed by atoms with Crippen LogP contribution >= 0.6 is 0 Å². The third-order valence-electron chi connectivity index (χ3n) is 4.40. The van der Waals surface area contributed by atoms with Gasteiger partial charge in [-0.1, -0.05) is 38.1 Å². The number of aryl methyl sites for hydroxylation is 1. The first-order valence-electron chi connectivity index (χ1n) is 8.04. The molecule has 2 rings (SSSR count). The van der Waals surface area contributed by atoms with Crippen LogP contribution in [0.25, 0.3) is 0 Å². The summed E-state index contributed by atoms with van der Waals surface area (Å²) < 4.78 is 23.3. The Labute approximate surface area is 139 Å². The van der Waals surface area contributed by atoms with Gasteiger partial charge < -0.3 is 10.2 Å². The standard InChI is InChI=1S/C17H26N2O3S/c1-12(2)16(15-8-6-5-7-13(15)3)18-17(20)19-9-10-23(21,22)11-14(19)4/h5-8,12,14,16H,9-11H2,1-4H3,(H,18,20)/t14-,16-/m1/s1. The number of rotatable bonds is 3. The molecule has 0 radical (unpaired) electrons. The molecule has 1 aromatic carbocycles. The maximum atomic E-state index is 12.6. The maximum absolute atomic E-state index is 12.6. The average molecular weight is 338 g/mol. The fourth-order valence-electron chi connectivity index (χ4n) is 3.06. The highest BCUT2D eigenvalue weighted by Crippen LogP contribution is 2.25. The van der Waals surface area contributed by atoms with Crippen LogP contribution < -0.4 is 5.32 Å². The molecule has 6 heteroatoms. The van der Waals surface area contributed by atoms with Gasteiger partial charge in [0, 0.05) is 12.6 Å². The summed E-state index contributed by atoms with van der Waals surface area (Å²) in [6, 6.07) is 7.45. The van der Waals surface area contributed by atoms with Gasteiger partial charge in [-0.25, -0.2) is 13.2 Å².